The summed E-state index contributed by atoms with van der Waals surface area (Å²) in [6.07, 6.45) is 3.52. The van der Waals surface area contributed by atoms with Crippen molar-refractivity contribution in [3.8, 4) is 0 Å². The van der Waals surface area contributed by atoms with Gasteiger partial charge in [-0.2, -0.15) is 0 Å². The third kappa shape index (κ3) is 2.82. The first-order valence-electron chi connectivity index (χ1n) is 8.71. The second kappa shape index (κ2) is 5.60. The van der Waals surface area contributed by atoms with Gasteiger partial charge in [0.2, 0.25) is 5.91 Å². The van der Waals surface area contributed by atoms with Crippen LogP contribution >= 0.6 is 0 Å². The van der Waals surface area contributed by atoms with E-state index in [-0.39, 0.29) is 23.3 Å². The molecular formula is C18H28N4O2. The van der Waals surface area contributed by atoms with Gasteiger partial charge in [0, 0.05) is 43.8 Å². The molecule has 3 atom stereocenters. The Morgan fingerprint density at radius 1 is 1.25 bits per heavy atom. The predicted octanol–water partition coefficient (Wildman–Crippen LogP) is 2.04. The Morgan fingerprint density at radius 2 is 1.83 bits per heavy atom. The standard InChI is InChI=1S/C18H28N4O2/c1-11(2)22-9-14(19-10-22)16(23)21-7-12-13(8-21)15(12)17(24)20(6)18(3,4)5/h9-13,15H,7-8H2,1-6H3/t12-,13+,15?. The molecule has 6 nitrogen and oxygen atoms in total. The summed E-state index contributed by atoms with van der Waals surface area (Å²) in [4.78, 5) is 33.1. The van der Waals surface area contributed by atoms with E-state index in [1.54, 1.807) is 6.33 Å². The molecule has 0 spiro atoms. The smallest absolute Gasteiger partial charge is 0.274 e. The minimum absolute atomic E-state index is 0.0167. The molecule has 3 rings (SSSR count). The maximum Gasteiger partial charge on any atom is 0.274 e. The van der Waals surface area contributed by atoms with Gasteiger partial charge in [0.25, 0.3) is 5.91 Å². The summed E-state index contributed by atoms with van der Waals surface area (Å²) in [7, 11) is 1.87. The molecule has 1 unspecified atom stereocenters. The molecular weight excluding hydrogens is 304 g/mol. The minimum atomic E-state index is -0.160. The minimum Gasteiger partial charge on any atom is -0.341 e. The lowest BCUT2D eigenvalue weighted by Gasteiger charge is -2.33. The zero-order chi connectivity index (χ0) is 17.8. The number of carbonyl (C=O) groups excluding carboxylic acids is 2. The summed E-state index contributed by atoms with van der Waals surface area (Å²) in [5.74, 6) is 0.925. The fourth-order valence-electron chi connectivity index (χ4n) is 3.50. The SMILES string of the molecule is CC(C)n1cnc(C(=O)N2C[C@@H]3C(C(=O)N(C)C(C)(C)C)[C@@H]3C2)c1. The van der Waals surface area contributed by atoms with Crippen LogP contribution in [0, 0.1) is 17.8 Å². The van der Waals surface area contributed by atoms with Crippen LogP contribution in [0.3, 0.4) is 0 Å². The molecule has 0 N–H and O–H groups in total. The number of fused-ring (bicyclic) bond motifs is 1. The van der Waals surface area contributed by atoms with Gasteiger partial charge in [-0.05, 0) is 46.5 Å². The Kier molecular flexibility index (Phi) is 3.97. The molecule has 1 saturated carbocycles. The summed E-state index contributed by atoms with van der Waals surface area (Å²) in [5.41, 5.74) is 0.340. The third-order valence-corrected chi connectivity index (χ3v) is 5.52. The molecule has 2 fully saturated rings. The molecule has 2 heterocycles. The van der Waals surface area contributed by atoms with Crippen molar-refractivity contribution in [2.45, 2.75) is 46.2 Å². The molecule has 1 aliphatic heterocycles. The van der Waals surface area contributed by atoms with E-state index in [1.165, 1.54) is 0 Å². The molecule has 0 aromatic carbocycles. The molecule has 6 heteroatoms. The van der Waals surface area contributed by atoms with E-state index in [0.29, 0.717) is 36.7 Å². The van der Waals surface area contributed by atoms with Gasteiger partial charge in [0.1, 0.15) is 5.69 Å². The fourth-order valence-corrected chi connectivity index (χ4v) is 3.50. The number of nitrogens with zero attached hydrogens (tertiary/aromatic N) is 4. The monoisotopic (exact) mass is 332 g/mol. The highest BCUT2D eigenvalue weighted by molar-refractivity contribution is 5.93. The quantitative estimate of drug-likeness (QED) is 0.851. The van der Waals surface area contributed by atoms with Gasteiger partial charge in [-0.25, -0.2) is 4.98 Å². The highest BCUT2D eigenvalue weighted by Gasteiger charge is 2.61. The number of likely N-dealkylation sites (tertiary alicyclic amines) is 1. The van der Waals surface area contributed by atoms with Crippen molar-refractivity contribution in [3.63, 3.8) is 0 Å². The van der Waals surface area contributed by atoms with E-state index in [9.17, 15) is 9.59 Å². The molecule has 1 aromatic rings. The molecule has 0 bridgehead atoms. The van der Waals surface area contributed by atoms with E-state index in [4.69, 9.17) is 0 Å². The van der Waals surface area contributed by atoms with Crippen LogP contribution in [0.4, 0.5) is 0 Å². The molecule has 1 aromatic heterocycles. The van der Waals surface area contributed by atoms with Crippen molar-refractivity contribution in [2.24, 2.45) is 17.8 Å². The first-order valence-corrected chi connectivity index (χ1v) is 8.71. The van der Waals surface area contributed by atoms with Crippen LogP contribution in [0.1, 0.15) is 51.1 Å². The summed E-state index contributed by atoms with van der Waals surface area (Å²) in [5, 5.41) is 0. The number of piperidine rings is 1. The number of amides is 2. The molecule has 1 aliphatic carbocycles. The molecule has 0 radical (unpaired) electrons. The van der Waals surface area contributed by atoms with Gasteiger partial charge < -0.3 is 14.4 Å². The van der Waals surface area contributed by atoms with Gasteiger partial charge in [-0.15, -0.1) is 0 Å². The van der Waals surface area contributed by atoms with Gasteiger partial charge in [0.05, 0.1) is 6.33 Å². The maximum atomic E-state index is 12.6. The molecule has 2 aliphatic rings. The Labute approximate surface area is 143 Å². The van der Waals surface area contributed by atoms with Crippen molar-refractivity contribution in [3.05, 3.63) is 18.2 Å². The van der Waals surface area contributed by atoms with Crippen molar-refractivity contribution in [1.29, 1.82) is 0 Å². The van der Waals surface area contributed by atoms with Crippen molar-refractivity contribution < 1.29 is 9.59 Å². The maximum absolute atomic E-state index is 12.6. The Balaban J connectivity index is 1.59. The first-order chi connectivity index (χ1) is 11.1. The number of aromatic nitrogens is 2. The average molecular weight is 332 g/mol. The number of imidazole rings is 1. The van der Waals surface area contributed by atoms with E-state index in [2.05, 4.69) is 18.8 Å². The van der Waals surface area contributed by atoms with Crippen LogP contribution in [-0.2, 0) is 4.79 Å². The fraction of sp³-hybridized carbons (Fsp3) is 0.722. The van der Waals surface area contributed by atoms with Crippen molar-refractivity contribution in [1.82, 2.24) is 19.4 Å². The van der Waals surface area contributed by atoms with Crippen LogP contribution in [-0.4, -0.2) is 56.8 Å². The van der Waals surface area contributed by atoms with Crippen LogP contribution in [0.15, 0.2) is 12.5 Å². The summed E-state index contributed by atoms with van der Waals surface area (Å²) >= 11 is 0. The molecule has 2 amide bonds. The number of rotatable bonds is 3. The summed E-state index contributed by atoms with van der Waals surface area (Å²) in [6, 6.07) is 0.293. The zero-order valence-electron chi connectivity index (χ0n) is 15.5. The number of hydrogen-bond acceptors (Lipinski definition) is 3. The van der Waals surface area contributed by atoms with E-state index < -0.39 is 0 Å². The lowest BCUT2D eigenvalue weighted by Crippen LogP contribution is -2.45. The first kappa shape index (κ1) is 17.0. The number of carbonyl (C=O) groups is 2. The Bertz CT molecular complexity index is 646. The summed E-state index contributed by atoms with van der Waals surface area (Å²) < 4.78 is 1.94. The largest absolute Gasteiger partial charge is 0.341 e. The van der Waals surface area contributed by atoms with Gasteiger partial charge in [-0.1, -0.05) is 0 Å². The van der Waals surface area contributed by atoms with Crippen LogP contribution in [0.25, 0.3) is 0 Å². The third-order valence-electron chi connectivity index (χ3n) is 5.52. The van der Waals surface area contributed by atoms with Crippen LogP contribution in [0.5, 0.6) is 0 Å². The molecule has 132 valence electrons. The normalized spacial score (nSPS) is 25.8. The lowest BCUT2D eigenvalue weighted by molar-refractivity contribution is -0.136. The zero-order valence-corrected chi connectivity index (χ0v) is 15.5. The second-order valence-corrected chi connectivity index (χ2v) is 8.43. The van der Waals surface area contributed by atoms with Gasteiger partial charge in [0.15, 0.2) is 0 Å². The van der Waals surface area contributed by atoms with E-state index in [0.717, 1.165) is 0 Å². The van der Waals surface area contributed by atoms with Crippen LogP contribution in [0.2, 0.25) is 0 Å². The Morgan fingerprint density at radius 3 is 2.29 bits per heavy atom. The number of hydrogen-bond donors (Lipinski definition) is 0. The summed E-state index contributed by atoms with van der Waals surface area (Å²) in [6.45, 7) is 11.6. The highest BCUT2D eigenvalue weighted by atomic mass is 16.2. The van der Waals surface area contributed by atoms with Gasteiger partial charge >= 0.3 is 0 Å². The van der Waals surface area contributed by atoms with Crippen molar-refractivity contribution >= 4 is 11.8 Å². The van der Waals surface area contributed by atoms with E-state index >= 15 is 0 Å². The van der Waals surface area contributed by atoms with Gasteiger partial charge in [-0.3, -0.25) is 9.59 Å². The second-order valence-electron chi connectivity index (χ2n) is 8.43. The topological polar surface area (TPSA) is 58.4 Å². The lowest BCUT2D eigenvalue weighted by atomic mass is 10.1. The highest BCUT2D eigenvalue weighted by Crippen LogP contribution is 2.53. The predicted molar refractivity (Wildman–Crippen MR) is 91.5 cm³/mol. The van der Waals surface area contributed by atoms with Crippen molar-refractivity contribution in [2.75, 3.05) is 20.1 Å². The molecule has 1 saturated heterocycles. The van der Waals surface area contributed by atoms with Crippen LogP contribution < -0.4 is 0 Å². The Hall–Kier alpha value is -1.85. The average Bonchev–Trinajstić information content (AvgIpc) is 2.91. The van der Waals surface area contributed by atoms with E-state index in [1.807, 2.05) is 48.4 Å². The molecule has 24 heavy (non-hydrogen) atoms.